The molecule has 1 N–H and O–H groups in total. The zero-order valence-electron chi connectivity index (χ0n) is 29.9. The predicted molar refractivity (Wildman–Crippen MR) is 186 cm³/mol. The van der Waals surface area contributed by atoms with Gasteiger partial charge in [-0.15, -0.1) is 0 Å². The number of hydrogen-bond acceptors (Lipinski definition) is 5. The number of alkyl halides is 3. The summed E-state index contributed by atoms with van der Waals surface area (Å²) in [6, 6.07) is 6.05. The van der Waals surface area contributed by atoms with Crippen LogP contribution in [0.1, 0.15) is 83.6 Å². The minimum atomic E-state index is -4.81. The van der Waals surface area contributed by atoms with Crippen LogP contribution in [0.4, 0.5) is 22.0 Å². The lowest BCUT2D eigenvalue weighted by atomic mass is 9.88. The molecule has 48 heavy (non-hydrogen) atoms. The highest BCUT2D eigenvalue weighted by Crippen LogP contribution is 2.43. The van der Waals surface area contributed by atoms with Crippen molar-refractivity contribution in [3.05, 3.63) is 71.1 Å². The summed E-state index contributed by atoms with van der Waals surface area (Å²) in [7, 11) is -4.27. The highest BCUT2D eigenvalue weighted by atomic mass is 28.4. The van der Waals surface area contributed by atoms with Crippen LogP contribution in [0.15, 0.2) is 42.7 Å². The third-order valence-electron chi connectivity index (χ3n) is 10.5. The predicted octanol–water partition coefficient (Wildman–Crippen LogP) is 10.7. The summed E-state index contributed by atoms with van der Waals surface area (Å²) < 4.78 is 88.3. The number of fused-ring (bicyclic) bond motifs is 1. The van der Waals surface area contributed by atoms with Crippen molar-refractivity contribution in [1.82, 2.24) is 10.3 Å². The van der Waals surface area contributed by atoms with E-state index in [0.717, 1.165) is 22.4 Å². The van der Waals surface area contributed by atoms with E-state index in [1.165, 1.54) is 6.07 Å². The summed E-state index contributed by atoms with van der Waals surface area (Å²) in [5.41, 5.74) is -0.0792. The lowest BCUT2D eigenvalue weighted by molar-refractivity contribution is -0.140. The van der Waals surface area contributed by atoms with Gasteiger partial charge in [-0.2, -0.15) is 13.2 Å². The van der Waals surface area contributed by atoms with Crippen LogP contribution in [0.5, 0.6) is 5.75 Å². The van der Waals surface area contributed by atoms with E-state index in [1.807, 2.05) is 6.07 Å². The van der Waals surface area contributed by atoms with Crippen LogP contribution in [0.25, 0.3) is 10.8 Å². The fourth-order valence-corrected chi connectivity index (χ4v) is 7.64. The van der Waals surface area contributed by atoms with E-state index in [4.69, 9.17) is 13.6 Å². The lowest BCUT2D eigenvalue weighted by Crippen LogP contribution is -2.46. The number of nitrogens with zero attached hydrogens (tertiary/aromatic N) is 1. The summed E-state index contributed by atoms with van der Waals surface area (Å²) >= 11 is 0. The molecule has 1 aromatic heterocycles. The van der Waals surface area contributed by atoms with Gasteiger partial charge in [0.15, 0.2) is 16.6 Å². The van der Waals surface area contributed by atoms with Crippen molar-refractivity contribution in [1.29, 1.82) is 0 Å². The van der Waals surface area contributed by atoms with Crippen molar-refractivity contribution in [2.24, 2.45) is 0 Å². The van der Waals surface area contributed by atoms with Gasteiger partial charge in [-0.25, -0.2) is 8.78 Å². The Bertz CT molecular complexity index is 1580. The highest BCUT2D eigenvalue weighted by molar-refractivity contribution is 6.74. The summed E-state index contributed by atoms with van der Waals surface area (Å²) in [5.74, 6) is -1.71. The third-order valence-corrected chi connectivity index (χ3v) is 19.5. The van der Waals surface area contributed by atoms with Gasteiger partial charge in [-0.05, 0) is 96.8 Å². The molecular formula is C36H51F5N2O3Si2. The van der Waals surface area contributed by atoms with Crippen LogP contribution in [0.2, 0.25) is 36.3 Å². The largest absolute Gasteiger partial charge is 0.490 e. The molecule has 3 aromatic rings. The van der Waals surface area contributed by atoms with Gasteiger partial charge >= 0.3 is 6.18 Å². The molecule has 4 rings (SSSR count). The zero-order valence-corrected chi connectivity index (χ0v) is 31.9. The van der Waals surface area contributed by atoms with E-state index in [1.54, 1.807) is 18.5 Å². The number of nitrogens with one attached hydrogen (secondary N) is 1. The van der Waals surface area contributed by atoms with Crippen molar-refractivity contribution in [3.8, 4) is 5.75 Å². The van der Waals surface area contributed by atoms with Crippen LogP contribution in [0.3, 0.4) is 0 Å². The molecule has 1 heterocycles. The van der Waals surface area contributed by atoms with Crippen molar-refractivity contribution in [2.45, 2.75) is 128 Å². The summed E-state index contributed by atoms with van der Waals surface area (Å²) in [6.07, 6.45) is -0.456. The molecule has 0 saturated heterocycles. The highest BCUT2D eigenvalue weighted by Gasteiger charge is 2.41. The molecule has 0 aliphatic heterocycles. The topological polar surface area (TPSA) is 52.6 Å². The van der Waals surface area contributed by atoms with Crippen molar-refractivity contribution in [3.63, 3.8) is 0 Å². The van der Waals surface area contributed by atoms with Crippen LogP contribution < -0.4 is 10.1 Å². The summed E-state index contributed by atoms with van der Waals surface area (Å²) in [6.45, 7) is 22.8. The second-order valence-corrected chi connectivity index (χ2v) is 25.6. The van der Waals surface area contributed by atoms with Crippen molar-refractivity contribution in [2.75, 3.05) is 6.61 Å². The Kier molecular flexibility index (Phi) is 11.3. The molecule has 266 valence electrons. The molecule has 1 atom stereocenters. The molecule has 0 radical (unpaired) electrons. The average molecular weight is 711 g/mol. The molecule has 0 bridgehead atoms. The van der Waals surface area contributed by atoms with Crippen LogP contribution in [0, 0.1) is 11.6 Å². The monoisotopic (exact) mass is 710 g/mol. The molecule has 1 aliphatic carbocycles. The third kappa shape index (κ3) is 8.85. The first-order valence-electron chi connectivity index (χ1n) is 16.6. The maximum atomic E-state index is 16.1. The minimum Gasteiger partial charge on any atom is -0.490 e. The van der Waals surface area contributed by atoms with E-state index in [-0.39, 0.29) is 46.4 Å². The van der Waals surface area contributed by atoms with Crippen LogP contribution >= 0.6 is 0 Å². The van der Waals surface area contributed by atoms with E-state index in [9.17, 15) is 17.6 Å². The quantitative estimate of drug-likeness (QED) is 0.150. The Balaban J connectivity index is 1.51. The number of hydrogen-bond donors (Lipinski definition) is 1. The molecule has 0 spiro atoms. The minimum absolute atomic E-state index is 0.0179. The van der Waals surface area contributed by atoms with E-state index < -0.39 is 34.2 Å². The van der Waals surface area contributed by atoms with Gasteiger partial charge in [-0.1, -0.05) is 41.5 Å². The second-order valence-electron chi connectivity index (χ2n) is 16.0. The molecule has 2 aromatic carbocycles. The fraction of sp³-hybridized carbons (Fsp3) is 0.583. The normalized spacial score (nSPS) is 18.6. The zero-order chi connectivity index (χ0) is 35.9. The van der Waals surface area contributed by atoms with Gasteiger partial charge in [0.25, 0.3) is 0 Å². The van der Waals surface area contributed by atoms with Gasteiger partial charge in [0.1, 0.15) is 23.5 Å². The summed E-state index contributed by atoms with van der Waals surface area (Å²) in [5, 5.41) is 4.97. The molecule has 1 fully saturated rings. The molecule has 0 amide bonds. The van der Waals surface area contributed by atoms with Crippen molar-refractivity contribution >= 4 is 27.4 Å². The Hall–Kier alpha value is -2.39. The maximum Gasteiger partial charge on any atom is 0.419 e. The standard InChI is InChI=1S/C36H51F5N2O3Si2/c1-34(2,3)47(7,8)44-16-14-33(46-48(9,10)35(4,5)6)27-20-32(38)29(26-13-15-42-21-28(26)27)22-43-23-17-25(18-23)45-24-11-12-31(37)30(19-24)36(39,40)41/h11-13,15,19-21,23,25,33,43H,14,16-18,22H2,1-10H3. The number of aromatic nitrogens is 1. The van der Waals surface area contributed by atoms with Gasteiger partial charge in [0.05, 0.1) is 11.7 Å². The summed E-state index contributed by atoms with van der Waals surface area (Å²) in [4.78, 5) is 4.40. The van der Waals surface area contributed by atoms with Gasteiger partial charge in [-0.3, -0.25) is 4.98 Å². The number of rotatable bonds is 12. The van der Waals surface area contributed by atoms with Crippen LogP contribution in [-0.2, 0) is 21.6 Å². The number of halogens is 5. The first kappa shape index (κ1) is 38.4. The molecule has 1 saturated carbocycles. The molecule has 1 unspecified atom stereocenters. The van der Waals surface area contributed by atoms with E-state index >= 15 is 4.39 Å². The Morgan fingerprint density at radius 2 is 1.52 bits per heavy atom. The number of pyridine rings is 1. The SMILES string of the molecule is CC(C)(C)[Si](C)(C)OCCC(O[Si](C)(C)C(C)(C)C)c1cc(F)c(CNC2CC(Oc3ccc(F)c(C(F)(F)F)c3)C2)c2ccncc12. The van der Waals surface area contributed by atoms with Crippen LogP contribution in [-0.4, -0.2) is 40.4 Å². The molecular weight excluding hydrogens is 660 g/mol. The Morgan fingerprint density at radius 3 is 2.12 bits per heavy atom. The van der Waals surface area contributed by atoms with Gasteiger partial charge in [0, 0.05) is 42.5 Å². The Labute approximate surface area is 284 Å². The van der Waals surface area contributed by atoms with E-state index in [2.05, 4.69) is 78.0 Å². The van der Waals surface area contributed by atoms with Gasteiger partial charge in [0.2, 0.25) is 0 Å². The lowest BCUT2D eigenvalue weighted by Gasteiger charge is -2.40. The maximum absolute atomic E-state index is 16.1. The number of ether oxygens (including phenoxy) is 1. The average Bonchev–Trinajstić information content (AvgIpc) is 2.93. The first-order valence-corrected chi connectivity index (χ1v) is 22.5. The first-order chi connectivity index (χ1) is 22.0. The van der Waals surface area contributed by atoms with Gasteiger partial charge < -0.3 is 18.9 Å². The smallest absolute Gasteiger partial charge is 0.419 e. The Morgan fingerprint density at radius 1 is 0.875 bits per heavy atom. The molecule has 5 nitrogen and oxygen atoms in total. The molecule has 12 heteroatoms. The van der Waals surface area contributed by atoms with Crippen molar-refractivity contribution < 1.29 is 35.5 Å². The second kappa shape index (κ2) is 14.1. The fourth-order valence-electron chi connectivity index (χ4n) is 5.27. The van der Waals surface area contributed by atoms with E-state index in [0.29, 0.717) is 37.5 Å². The number of benzene rings is 2. The molecule has 1 aliphatic rings.